The minimum atomic E-state index is -1.00. The van der Waals surface area contributed by atoms with E-state index in [0.717, 1.165) is 12.5 Å². The molecule has 0 fully saturated rings. The molecule has 0 heterocycles. The second kappa shape index (κ2) is 18.0. The van der Waals surface area contributed by atoms with Crippen molar-refractivity contribution in [2.75, 3.05) is 11.5 Å². The van der Waals surface area contributed by atoms with Gasteiger partial charge in [-0.1, -0.05) is 21.6 Å². The van der Waals surface area contributed by atoms with Crippen molar-refractivity contribution in [3.63, 3.8) is 0 Å². The number of carbonyl (C=O) groups is 3. The smallest absolute Gasteiger partial charge is 0.320 e. The van der Waals surface area contributed by atoms with Gasteiger partial charge in [0.25, 0.3) is 0 Å². The van der Waals surface area contributed by atoms with Crippen LogP contribution in [0.2, 0.25) is 0 Å². The van der Waals surface area contributed by atoms with Crippen molar-refractivity contribution in [2.24, 2.45) is 16.5 Å². The molecule has 10 nitrogen and oxygen atoms in total. The molecule has 3 atom stereocenters. The van der Waals surface area contributed by atoms with Crippen LogP contribution in [0.3, 0.4) is 0 Å². The number of aliphatic imine (C=N–C) groups is 1. The normalized spacial score (nSPS) is 13.7. The Labute approximate surface area is 166 Å². The third-order valence-electron chi connectivity index (χ3n) is 2.92. The van der Waals surface area contributed by atoms with Crippen LogP contribution in [0, 0.1) is 0 Å². The van der Waals surface area contributed by atoms with Crippen molar-refractivity contribution < 1.29 is 34.4 Å². The number of aliphatic carboxylic acids is 3. The number of carboxylic acid groups (broad SMARTS) is 3. The molecule has 27 heavy (non-hydrogen) atoms. The molecule has 0 aliphatic carbocycles. The molecule has 0 bridgehead atoms. The number of nitrogens with two attached hydrogens (primary N) is 2. The van der Waals surface area contributed by atoms with Crippen LogP contribution in [0.5, 0.6) is 0 Å². The van der Waals surface area contributed by atoms with Crippen LogP contribution < -0.4 is 11.5 Å². The van der Waals surface area contributed by atoms with Crippen molar-refractivity contribution in [2.45, 2.75) is 50.7 Å². The van der Waals surface area contributed by atoms with Crippen molar-refractivity contribution in [1.29, 1.82) is 0 Å². The van der Waals surface area contributed by atoms with E-state index in [1.165, 1.54) is 21.6 Å². The molecule has 0 rings (SSSR count). The van der Waals surface area contributed by atoms with Gasteiger partial charge in [-0.3, -0.25) is 9.59 Å². The molecule has 0 aromatic rings. The Morgan fingerprint density at radius 1 is 0.963 bits per heavy atom. The Hall–Kier alpha value is -1.44. The topological polar surface area (TPSA) is 193 Å². The molecule has 3 unspecified atom stereocenters. The predicted octanol–water partition coefficient (Wildman–Crippen LogP) is 0.290. The average Bonchev–Trinajstić information content (AvgIpc) is 2.61. The van der Waals surface area contributed by atoms with E-state index in [2.05, 4.69) is 4.99 Å². The second-order valence-corrected chi connectivity index (χ2v) is 7.89. The fourth-order valence-corrected chi connectivity index (χ4v) is 3.61. The van der Waals surface area contributed by atoms with Crippen LogP contribution >= 0.6 is 21.6 Å². The first kappa shape index (κ1) is 27.8. The van der Waals surface area contributed by atoms with Crippen molar-refractivity contribution >= 4 is 52.8 Å². The van der Waals surface area contributed by atoms with Crippen molar-refractivity contribution in [3.8, 4) is 0 Å². The Balaban J connectivity index is 0. The summed E-state index contributed by atoms with van der Waals surface area (Å²) < 4.78 is 9.79. The first-order valence-electron chi connectivity index (χ1n) is 8.08. The quantitative estimate of drug-likeness (QED) is 0.112. The minimum Gasteiger partial charge on any atom is -0.480 e. The van der Waals surface area contributed by atoms with E-state index < -0.39 is 36.0 Å². The van der Waals surface area contributed by atoms with E-state index in [0.29, 0.717) is 37.9 Å². The minimum absolute atomic E-state index is 0.401. The Bertz CT molecular complexity index is 473. The van der Waals surface area contributed by atoms with Gasteiger partial charge in [-0.25, -0.2) is 0 Å². The number of hydrogen-bond donors (Lipinski definition) is 5. The van der Waals surface area contributed by atoms with Gasteiger partial charge in [0, 0.05) is 11.5 Å². The average molecular weight is 423 g/mol. The standard InChI is InChI=1S/C8H16N2O4S2.C6H10BNO3/c9-5(7(11)12)1-3-15-16-4-2-6(10)8(13)14;1-2-3-5(6(9)10)8-4-7-11/h5-6H,1-4,9-10H2,(H,11,12)(H,13,14);4-5H,2-3H2,1H3,(H,9,10). The summed E-state index contributed by atoms with van der Waals surface area (Å²) in [5.41, 5.74) is 10.6. The van der Waals surface area contributed by atoms with E-state index in [1.54, 1.807) is 0 Å². The van der Waals surface area contributed by atoms with E-state index in [1.807, 2.05) is 6.92 Å². The number of carboxylic acids is 3. The summed E-state index contributed by atoms with van der Waals surface area (Å²) in [5.74, 6) is -1.73. The third-order valence-corrected chi connectivity index (χ3v) is 5.39. The van der Waals surface area contributed by atoms with Gasteiger partial charge in [0.05, 0.1) is 0 Å². The Morgan fingerprint density at radius 2 is 1.41 bits per heavy atom. The van der Waals surface area contributed by atoms with Gasteiger partial charge in [0.15, 0.2) is 0 Å². The summed E-state index contributed by atoms with van der Waals surface area (Å²) in [6.45, 7) is 1.87. The summed E-state index contributed by atoms with van der Waals surface area (Å²) in [4.78, 5) is 34.6. The molecule has 0 radical (unpaired) electrons. The summed E-state index contributed by atoms with van der Waals surface area (Å²) in [5, 5.41) is 25.5. The summed E-state index contributed by atoms with van der Waals surface area (Å²) in [7, 11) is 3.43. The second-order valence-electron chi connectivity index (χ2n) is 5.19. The molecule has 0 aliphatic heterocycles. The van der Waals surface area contributed by atoms with Gasteiger partial charge in [-0.2, -0.15) is 0 Å². The summed E-state index contributed by atoms with van der Waals surface area (Å²) >= 11 is 0. The molecule has 0 saturated heterocycles. The third kappa shape index (κ3) is 17.7. The van der Waals surface area contributed by atoms with Crippen LogP contribution in [0.1, 0.15) is 32.6 Å². The number of rotatable bonds is 14. The molecule has 0 saturated carbocycles. The molecular weight excluding hydrogens is 397 g/mol. The van der Waals surface area contributed by atoms with Gasteiger partial charge in [0.2, 0.25) is 0 Å². The molecule has 0 aromatic carbocycles. The molecule has 13 heteroatoms. The van der Waals surface area contributed by atoms with Gasteiger partial charge in [-0.15, -0.1) is 0 Å². The van der Waals surface area contributed by atoms with Gasteiger partial charge in [-0.05, 0) is 12.8 Å². The van der Waals surface area contributed by atoms with Gasteiger partial charge in [0.1, 0.15) is 12.1 Å². The van der Waals surface area contributed by atoms with E-state index in [9.17, 15) is 19.1 Å². The van der Waals surface area contributed by atoms with E-state index in [-0.39, 0.29) is 0 Å². The maximum absolute atomic E-state index is 10.4. The van der Waals surface area contributed by atoms with Gasteiger partial charge < -0.3 is 21.7 Å². The zero-order chi connectivity index (χ0) is 21.2. The number of hydrogen-bond acceptors (Lipinski definition) is 9. The summed E-state index contributed by atoms with van der Waals surface area (Å²) in [6, 6.07) is -2.41. The monoisotopic (exact) mass is 423 g/mol. The summed E-state index contributed by atoms with van der Waals surface area (Å²) in [6.07, 6.45) is 3.00. The first-order valence-corrected chi connectivity index (χ1v) is 10.6. The molecule has 0 spiro atoms. The van der Waals surface area contributed by atoms with Crippen LogP contribution in [0.25, 0.3) is 0 Å². The number of nitrogens with zero attached hydrogens (tertiary/aromatic N) is 1. The molecule has 0 amide bonds. The molecule has 0 aromatic heterocycles. The van der Waals surface area contributed by atoms with Crippen LogP contribution in [-0.4, -0.2) is 76.1 Å². The molecular formula is C14H26BN3O7S2. The largest absolute Gasteiger partial charge is 0.480 e. The SMILES string of the molecule is CCCC(N=CB=O)C(=O)O.NC(CCSSCCC(N)C(=O)O)C(=O)O. The maximum Gasteiger partial charge on any atom is 0.320 e. The fourth-order valence-electron chi connectivity index (χ4n) is 1.39. The van der Waals surface area contributed by atoms with E-state index >= 15 is 0 Å². The molecule has 0 aliphatic rings. The zero-order valence-corrected chi connectivity index (χ0v) is 16.7. The van der Waals surface area contributed by atoms with Crippen molar-refractivity contribution in [3.05, 3.63) is 0 Å². The fraction of sp³-hybridized carbons (Fsp3) is 0.714. The first-order chi connectivity index (χ1) is 12.7. The molecule has 154 valence electrons. The van der Waals surface area contributed by atoms with Crippen LogP contribution in [0.15, 0.2) is 4.99 Å². The van der Waals surface area contributed by atoms with Crippen molar-refractivity contribution in [1.82, 2.24) is 0 Å². The maximum atomic E-state index is 10.4. The van der Waals surface area contributed by atoms with Crippen LogP contribution in [0.4, 0.5) is 0 Å². The van der Waals surface area contributed by atoms with Gasteiger partial charge >= 0.3 is 76.6 Å². The Kier molecular flexibility index (Phi) is 18.5. The predicted molar refractivity (Wildman–Crippen MR) is 107 cm³/mol. The zero-order valence-electron chi connectivity index (χ0n) is 15.0. The Morgan fingerprint density at radius 3 is 1.70 bits per heavy atom. The van der Waals surface area contributed by atoms with E-state index in [4.69, 9.17) is 26.8 Å². The van der Waals surface area contributed by atoms with Crippen LogP contribution in [-0.2, 0) is 19.1 Å². The molecule has 7 N–H and O–H groups in total.